The minimum absolute atomic E-state index is 0.0422. The third-order valence-corrected chi connectivity index (χ3v) is 7.90. The highest BCUT2D eigenvalue weighted by Crippen LogP contribution is 2.38. The van der Waals surface area contributed by atoms with Crippen LogP contribution in [0.15, 0.2) is 47.6 Å². The second-order valence-corrected chi connectivity index (χ2v) is 9.65. The van der Waals surface area contributed by atoms with Gasteiger partial charge in [0.15, 0.2) is 11.5 Å². The zero-order chi connectivity index (χ0) is 19.7. The summed E-state index contributed by atoms with van der Waals surface area (Å²) in [6.07, 6.45) is 6.07. The smallest absolute Gasteiger partial charge is 0.245 e. The Morgan fingerprint density at radius 3 is 2.75 bits per heavy atom. The molecule has 28 heavy (non-hydrogen) atoms. The average molecular weight is 403 g/mol. The second-order valence-electron chi connectivity index (χ2n) is 7.76. The van der Waals surface area contributed by atoms with Crippen molar-refractivity contribution in [2.45, 2.75) is 50.6 Å². The molecule has 0 spiro atoms. The van der Waals surface area contributed by atoms with Crippen LogP contribution in [0, 0.1) is 11.8 Å². The van der Waals surface area contributed by atoms with E-state index in [9.17, 15) is 8.42 Å². The van der Waals surface area contributed by atoms with E-state index < -0.39 is 10.0 Å². The molecule has 3 atom stereocenters. The summed E-state index contributed by atoms with van der Waals surface area (Å²) in [6, 6.07) is 8.88. The molecule has 1 aromatic heterocycles. The van der Waals surface area contributed by atoms with Crippen LogP contribution >= 0.6 is 0 Å². The maximum atomic E-state index is 13.6. The topological polar surface area (TPSA) is 68.7 Å². The first-order chi connectivity index (χ1) is 13.5. The summed E-state index contributed by atoms with van der Waals surface area (Å²) in [6.45, 7) is 4.88. The van der Waals surface area contributed by atoms with Crippen LogP contribution in [-0.2, 0) is 16.6 Å². The largest absolute Gasteiger partial charge is 0.454 e. The first kappa shape index (κ1) is 19.2. The third kappa shape index (κ3) is 3.61. The second kappa shape index (κ2) is 7.72. The van der Waals surface area contributed by atoms with Crippen LogP contribution in [0.5, 0.6) is 11.5 Å². The molecule has 1 aliphatic carbocycles. The Bertz CT molecular complexity index is 933. The number of hydrogen-bond donors (Lipinski definition) is 0. The average Bonchev–Trinajstić information content (AvgIpc) is 3.17. The summed E-state index contributed by atoms with van der Waals surface area (Å²) in [4.78, 5) is 4.26. The van der Waals surface area contributed by atoms with E-state index in [1.807, 2.05) is 18.2 Å². The summed E-state index contributed by atoms with van der Waals surface area (Å²) in [5.41, 5.74) is 0.891. The number of fused-ring (bicyclic) bond motifs is 1. The van der Waals surface area contributed by atoms with Crippen molar-refractivity contribution in [2.24, 2.45) is 11.8 Å². The molecule has 1 fully saturated rings. The molecular formula is C21H26N2O4S. The predicted molar refractivity (Wildman–Crippen MR) is 105 cm³/mol. The summed E-state index contributed by atoms with van der Waals surface area (Å²) in [5, 5.41) is 0. The van der Waals surface area contributed by atoms with Gasteiger partial charge in [0, 0.05) is 25.0 Å². The van der Waals surface area contributed by atoms with Gasteiger partial charge in [-0.05, 0) is 48.1 Å². The molecule has 6 nitrogen and oxygen atoms in total. The van der Waals surface area contributed by atoms with Crippen molar-refractivity contribution in [1.29, 1.82) is 0 Å². The van der Waals surface area contributed by atoms with E-state index in [1.165, 1.54) is 6.20 Å². The summed E-state index contributed by atoms with van der Waals surface area (Å²) < 4.78 is 39.6. The molecule has 1 aliphatic heterocycles. The van der Waals surface area contributed by atoms with Gasteiger partial charge < -0.3 is 9.47 Å². The van der Waals surface area contributed by atoms with Gasteiger partial charge in [-0.25, -0.2) is 8.42 Å². The van der Waals surface area contributed by atoms with Gasteiger partial charge in [0.25, 0.3) is 0 Å². The number of hydrogen-bond acceptors (Lipinski definition) is 5. The lowest BCUT2D eigenvalue weighted by atomic mass is 9.78. The first-order valence-electron chi connectivity index (χ1n) is 9.77. The van der Waals surface area contributed by atoms with E-state index in [-0.39, 0.29) is 23.6 Å². The van der Waals surface area contributed by atoms with E-state index in [1.54, 1.807) is 22.6 Å². The van der Waals surface area contributed by atoms with E-state index in [4.69, 9.17) is 9.47 Å². The molecule has 2 aliphatic rings. The monoisotopic (exact) mass is 402 g/mol. The highest BCUT2D eigenvalue weighted by molar-refractivity contribution is 7.89. The van der Waals surface area contributed by atoms with Gasteiger partial charge >= 0.3 is 0 Å². The Kier molecular flexibility index (Phi) is 5.29. The highest BCUT2D eigenvalue weighted by Gasteiger charge is 2.38. The summed E-state index contributed by atoms with van der Waals surface area (Å²) >= 11 is 0. The van der Waals surface area contributed by atoms with Gasteiger partial charge in [0.1, 0.15) is 4.90 Å². The molecule has 0 N–H and O–H groups in total. The Labute approximate surface area is 166 Å². The molecule has 7 heteroatoms. The van der Waals surface area contributed by atoms with E-state index in [2.05, 4.69) is 18.8 Å². The molecule has 2 aromatic rings. The Morgan fingerprint density at radius 2 is 1.96 bits per heavy atom. The molecular weight excluding hydrogens is 376 g/mol. The molecule has 0 radical (unpaired) electrons. The molecule has 0 saturated heterocycles. The van der Waals surface area contributed by atoms with Gasteiger partial charge in [-0.3, -0.25) is 4.98 Å². The molecule has 1 aromatic carbocycles. The molecule has 150 valence electrons. The van der Waals surface area contributed by atoms with Crippen molar-refractivity contribution >= 4 is 10.0 Å². The van der Waals surface area contributed by atoms with Crippen LogP contribution in [0.3, 0.4) is 0 Å². The lowest BCUT2D eigenvalue weighted by molar-refractivity contribution is 0.138. The summed E-state index contributed by atoms with van der Waals surface area (Å²) in [5.74, 6) is 2.14. The molecule has 2 heterocycles. The van der Waals surface area contributed by atoms with E-state index in [0.717, 1.165) is 24.8 Å². The van der Waals surface area contributed by atoms with Crippen LogP contribution in [0.2, 0.25) is 0 Å². The van der Waals surface area contributed by atoms with Crippen LogP contribution in [-0.4, -0.2) is 30.5 Å². The van der Waals surface area contributed by atoms with Gasteiger partial charge in [-0.15, -0.1) is 0 Å². The van der Waals surface area contributed by atoms with Crippen LogP contribution in [0.4, 0.5) is 0 Å². The predicted octanol–water partition coefficient (Wildman–Crippen LogP) is 3.83. The normalized spacial score (nSPS) is 24.5. The maximum absolute atomic E-state index is 13.6. The number of sulfonamides is 1. The lowest BCUT2D eigenvalue weighted by Gasteiger charge is -2.40. The lowest BCUT2D eigenvalue weighted by Crippen LogP contribution is -2.46. The van der Waals surface area contributed by atoms with Crippen molar-refractivity contribution in [3.63, 3.8) is 0 Å². The number of nitrogens with zero attached hydrogens (tertiary/aromatic N) is 2. The molecule has 0 amide bonds. The molecule has 1 saturated carbocycles. The van der Waals surface area contributed by atoms with Crippen LogP contribution in [0.25, 0.3) is 0 Å². The minimum Gasteiger partial charge on any atom is -0.454 e. The number of aromatic nitrogens is 1. The van der Waals surface area contributed by atoms with Gasteiger partial charge in [-0.1, -0.05) is 32.8 Å². The van der Waals surface area contributed by atoms with Gasteiger partial charge in [0.2, 0.25) is 16.8 Å². The van der Waals surface area contributed by atoms with Crippen LogP contribution in [0.1, 0.15) is 38.7 Å². The third-order valence-electron chi connectivity index (χ3n) is 6.05. The first-order valence-corrected chi connectivity index (χ1v) is 11.2. The van der Waals surface area contributed by atoms with E-state index >= 15 is 0 Å². The SMILES string of the molecule is CC1CCCC(N(Cc2ccc3c(c2)OCO3)S(=O)(=O)c2cccnc2)C1C. The molecule has 3 unspecified atom stereocenters. The number of ether oxygens (including phenoxy) is 2. The van der Waals surface area contributed by atoms with Crippen molar-refractivity contribution in [3.05, 3.63) is 48.3 Å². The van der Waals surface area contributed by atoms with Crippen molar-refractivity contribution in [2.75, 3.05) is 6.79 Å². The van der Waals surface area contributed by atoms with Crippen molar-refractivity contribution < 1.29 is 17.9 Å². The molecule has 4 rings (SSSR count). The van der Waals surface area contributed by atoms with E-state index in [0.29, 0.717) is 24.0 Å². The standard InChI is InChI=1S/C21H26N2O4S/c1-15-5-3-7-19(16(15)2)23(28(24,25)18-6-4-10-22-12-18)13-17-8-9-20-21(11-17)27-14-26-20/h4,6,8-12,15-16,19H,3,5,7,13-14H2,1-2H3. The number of rotatable bonds is 5. The van der Waals surface area contributed by atoms with Gasteiger partial charge in [-0.2, -0.15) is 4.31 Å². The highest BCUT2D eigenvalue weighted by atomic mass is 32.2. The zero-order valence-electron chi connectivity index (χ0n) is 16.2. The summed E-state index contributed by atoms with van der Waals surface area (Å²) in [7, 11) is -3.67. The Balaban J connectivity index is 1.71. The quantitative estimate of drug-likeness (QED) is 0.760. The zero-order valence-corrected chi connectivity index (χ0v) is 17.1. The van der Waals surface area contributed by atoms with Crippen LogP contribution < -0.4 is 9.47 Å². The van der Waals surface area contributed by atoms with Crippen molar-refractivity contribution in [1.82, 2.24) is 9.29 Å². The van der Waals surface area contributed by atoms with Gasteiger partial charge in [0.05, 0.1) is 0 Å². The molecule has 0 bridgehead atoms. The fourth-order valence-corrected chi connectivity index (χ4v) is 5.88. The minimum atomic E-state index is -3.67. The number of benzene rings is 1. The fraction of sp³-hybridized carbons (Fsp3) is 0.476. The number of pyridine rings is 1. The maximum Gasteiger partial charge on any atom is 0.245 e. The van der Waals surface area contributed by atoms with Crippen molar-refractivity contribution in [3.8, 4) is 11.5 Å². The Hall–Kier alpha value is -2.12. The fourth-order valence-electron chi connectivity index (χ4n) is 4.20. The Morgan fingerprint density at radius 1 is 1.14 bits per heavy atom.